The van der Waals surface area contributed by atoms with Crippen LogP contribution < -0.4 is 5.32 Å². The van der Waals surface area contributed by atoms with Gasteiger partial charge in [0.05, 0.1) is 4.47 Å². The first-order valence-corrected chi connectivity index (χ1v) is 7.04. The molecule has 0 aliphatic carbocycles. The summed E-state index contributed by atoms with van der Waals surface area (Å²) in [7, 11) is 1.85. The smallest absolute Gasteiger partial charge is 0.258 e. The molecule has 6 heteroatoms. The lowest BCUT2D eigenvalue weighted by molar-refractivity contribution is 0.432. The van der Waals surface area contributed by atoms with Gasteiger partial charge in [-0.15, -0.1) is 0 Å². The Hall–Kier alpha value is -2.21. The van der Waals surface area contributed by atoms with Crippen LogP contribution in [0.25, 0.3) is 22.8 Å². The Kier molecular flexibility index (Phi) is 3.70. The molecule has 21 heavy (non-hydrogen) atoms. The molecule has 0 unspecified atom stereocenters. The van der Waals surface area contributed by atoms with E-state index in [0.29, 0.717) is 21.8 Å². The number of halogens is 2. The molecular formula is C15H11BrFN3O. The molecule has 0 saturated carbocycles. The Bertz CT molecular complexity index is 771. The predicted molar refractivity (Wildman–Crippen MR) is 82.4 cm³/mol. The summed E-state index contributed by atoms with van der Waals surface area (Å²) in [5.41, 5.74) is 2.51. The van der Waals surface area contributed by atoms with Gasteiger partial charge < -0.3 is 9.84 Å². The van der Waals surface area contributed by atoms with Crippen molar-refractivity contribution in [2.24, 2.45) is 0 Å². The summed E-state index contributed by atoms with van der Waals surface area (Å²) in [4.78, 5) is 4.34. The number of rotatable bonds is 3. The lowest BCUT2D eigenvalue weighted by Gasteiger charge is -1.99. The molecule has 0 spiro atoms. The van der Waals surface area contributed by atoms with Crippen molar-refractivity contribution in [3.63, 3.8) is 0 Å². The second-order valence-corrected chi connectivity index (χ2v) is 5.23. The van der Waals surface area contributed by atoms with Crippen molar-refractivity contribution in [3.8, 4) is 22.8 Å². The number of nitrogens with one attached hydrogen (secondary N) is 1. The standard InChI is InChI=1S/C15H11BrFN3O/c1-18-11-5-2-9(3-6-11)15-19-14(20-21-15)10-4-7-13(17)12(16)8-10/h2-8,18H,1H3. The Morgan fingerprint density at radius 3 is 2.48 bits per heavy atom. The SMILES string of the molecule is CNc1ccc(-c2nc(-c3ccc(F)c(Br)c3)no2)cc1. The maximum Gasteiger partial charge on any atom is 0.258 e. The van der Waals surface area contributed by atoms with E-state index in [4.69, 9.17) is 4.52 Å². The molecule has 1 heterocycles. The molecule has 0 bridgehead atoms. The molecule has 2 aromatic carbocycles. The molecule has 106 valence electrons. The van der Waals surface area contributed by atoms with Crippen LogP contribution in [0, 0.1) is 5.82 Å². The lowest BCUT2D eigenvalue weighted by atomic mass is 10.2. The van der Waals surface area contributed by atoms with E-state index >= 15 is 0 Å². The largest absolute Gasteiger partial charge is 0.388 e. The predicted octanol–water partition coefficient (Wildman–Crippen LogP) is 4.35. The maximum atomic E-state index is 13.2. The second-order valence-electron chi connectivity index (χ2n) is 4.38. The van der Waals surface area contributed by atoms with Crippen molar-refractivity contribution in [2.75, 3.05) is 12.4 Å². The highest BCUT2D eigenvalue weighted by Gasteiger charge is 2.12. The fourth-order valence-electron chi connectivity index (χ4n) is 1.87. The first-order chi connectivity index (χ1) is 10.2. The zero-order chi connectivity index (χ0) is 14.8. The van der Waals surface area contributed by atoms with Crippen molar-refractivity contribution in [3.05, 3.63) is 52.8 Å². The minimum absolute atomic E-state index is 0.329. The normalized spacial score (nSPS) is 10.6. The number of nitrogens with zero attached hydrogens (tertiary/aromatic N) is 2. The van der Waals surface area contributed by atoms with E-state index in [2.05, 4.69) is 31.4 Å². The number of hydrogen-bond acceptors (Lipinski definition) is 4. The van der Waals surface area contributed by atoms with Crippen LogP contribution in [-0.2, 0) is 0 Å². The van der Waals surface area contributed by atoms with Gasteiger partial charge in [-0.25, -0.2) is 4.39 Å². The van der Waals surface area contributed by atoms with Crippen LogP contribution >= 0.6 is 15.9 Å². The van der Waals surface area contributed by atoms with Crippen LogP contribution in [0.3, 0.4) is 0 Å². The first kappa shape index (κ1) is 13.8. The average Bonchev–Trinajstić information content (AvgIpc) is 3.00. The highest BCUT2D eigenvalue weighted by molar-refractivity contribution is 9.10. The first-order valence-electron chi connectivity index (χ1n) is 6.24. The van der Waals surface area contributed by atoms with Crippen LogP contribution in [0.15, 0.2) is 51.5 Å². The monoisotopic (exact) mass is 347 g/mol. The third-order valence-corrected chi connectivity index (χ3v) is 3.63. The summed E-state index contributed by atoms with van der Waals surface area (Å²) in [6.07, 6.45) is 0. The maximum absolute atomic E-state index is 13.2. The molecule has 1 aromatic heterocycles. The van der Waals surface area contributed by atoms with Gasteiger partial charge in [-0.05, 0) is 58.4 Å². The summed E-state index contributed by atoms with van der Waals surface area (Å²) >= 11 is 3.14. The molecule has 0 fully saturated rings. The van der Waals surface area contributed by atoms with Gasteiger partial charge in [-0.3, -0.25) is 0 Å². The van der Waals surface area contributed by atoms with Crippen LogP contribution in [0.5, 0.6) is 0 Å². The Labute approximate surface area is 129 Å². The van der Waals surface area contributed by atoms with Crippen LogP contribution in [-0.4, -0.2) is 17.2 Å². The number of benzene rings is 2. The molecule has 0 aliphatic heterocycles. The van der Waals surface area contributed by atoms with E-state index in [9.17, 15) is 4.39 Å². The molecular weight excluding hydrogens is 337 g/mol. The van der Waals surface area contributed by atoms with Gasteiger partial charge in [0, 0.05) is 23.9 Å². The average molecular weight is 348 g/mol. The van der Waals surface area contributed by atoms with Crippen LogP contribution in [0.2, 0.25) is 0 Å². The van der Waals surface area contributed by atoms with Crippen molar-refractivity contribution >= 4 is 21.6 Å². The van der Waals surface area contributed by atoms with Crippen molar-refractivity contribution in [1.29, 1.82) is 0 Å². The Morgan fingerprint density at radius 2 is 1.81 bits per heavy atom. The van der Waals surface area contributed by atoms with Gasteiger partial charge in [0.2, 0.25) is 5.82 Å². The molecule has 0 atom stereocenters. The van der Waals surface area contributed by atoms with E-state index < -0.39 is 0 Å². The summed E-state index contributed by atoms with van der Waals surface area (Å²) < 4.78 is 18.9. The minimum atomic E-state index is -0.329. The zero-order valence-corrected chi connectivity index (χ0v) is 12.7. The molecule has 3 rings (SSSR count). The molecule has 0 saturated heterocycles. The van der Waals surface area contributed by atoms with Crippen LogP contribution in [0.4, 0.5) is 10.1 Å². The number of hydrogen-bond donors (Lipinski definition) is 1. The lowest BCUT2D eigenvalue weighted by Crippen LogP contribution is -1.87. The van der Waals surface area contributed by atoms with Gasteiger partial charge in [0.25, 0.3) is 5.89 Å². The summed E-state index contributed by atoms with van der Waals surface area (Å²) in [6.45, 7) is 0. The fourth-order valence-corrected chi connectivity index (χ4v) is 2.25. The molecule has 0 amide bonds. The zero-order valence-electron chi connectivity index (χ0n) is 11.1. The number of aromatic nitrogens is 2. The van der Waals surface area contributed by atoms with Crippen molar-refractivity contribution < 1.29 is 8.91 Å². The minimum Gasteiger partial charge on any atom is -0.388 e. The summed E-state index contributed by atoms with van der Waals surface area (Å²) in [6, 6.07) is 12.2. The van der Waals surface area contributed by atoms with Gasteiger partial charge in [0.15, 0.2) is 0 Å². The third-order valence-electron chi connectivity index (χ3n) is 3.02. The van der Waals surface area contributed by atoms with Crippen LogP contribution in [0.1, 0.15) is 0 Å². The molecule has 0 radical (unpaired) electrons. The summed E-state index contributed by atoms with van der Waals surface area (Å²) in [5.74, 6) is 0.515. The van der Waals surface area contributed by atoms with Gasteiger partial charge >= 0.3 is 0 Å². The number of anilines is 1. The molecule has 4 nitrogen and oxygen atoms in total. The van der Waals surface area contributed by atoms with Gasteiger partial charge in [-0.2, -0.15) is 4.98 Å². The summed E-state index contributed by atoms with van der Waals surface area (Å²) in [5, 5.41) is 6.97. The van der Waals surface area contributed by atoms with E-state index in [1.54, 1.807) is 12.1 Å². The Balaban J connectivity index is 1.93. The fraction of sp³-hybridized carbons (Fsp3) is 0.0667. The highest BCUT2D eigenvalue weighted by Crippen LogP contribution is 2.26. The topological polar surface area (TPSA) is 51.0 Å². The van der Waals surface area contributed by atoms with E-state index in [1.165, 1.54) is 6.07 Å². The Morgan fingerprint density at radius 1 is 1.10 bits per heavy atom. The quantitative estimate of drug-likeness (QED) is 0.765. The highest BCUT2D eigenvalue weighted by atomic mass is 79.9. The molecule has 3 aromatic rings. The van der Waals surface area contributed by atoms with Crippen molar-refractivity contribution in [2.45, 2.75) is 0 Å². The second kappa shape index (κ2) is 5.65. The van der Waals surface area contributed by atoms with E-state index in [-0.39, 0.29) is 5.82 Å². The van der Waals surface area contributed by atoms with Gasteiger partial charge in [0.1, 0.15) is 5.82 Å². The van der Waals surface area contributed by atoms with Gasteiger partial charge in [-0.1, -0.05) is 5.16 Å². The van der Waals surface area contributed by atoms with E-state index in [1.807, 2.05) is 31.3 Å². The third kappa shape index (κ3) is 2.80. The van der Waals surface area contributed by atoms with E-state index in [0.717, 1.165) is 11.3 Å². The molecule has 1 N–H and O–H groups in total. The molecule has 0 aliphatic rings. The van der Waals surface area contributed by atoms with Crippen molar-refractivity contribution in [1.82, 2.24) is 10.1 Å².